The van der Waals surface area contributed by atoms with Gasteiger partial charge in [0, 0.05) is 6.04 Å². The Labute approximate surface area is 50.7 Å². The molecule has 0 unspecified atom stereocenters. The lowest BCUT2D eigenvalue weighted by atomic mass is 9.98. The molecule has 0 amide bonds. The van der Waals surface area contributed by atoms with Gasteiger partial charge < -0.3 is 10.8 Å². The Bertz CT molecular complexity index is 65.4. The van der Waals surface area contributed by atoms with E-state index in [0.717, 1.165) is 6.42 Å². The largest absolute Gasteiger partial charge is 0.389 e. The second-order valence-corrected chi connectivity index (χ2v) is 2.67. The molecule has 0 rings (SSSR count). The predicted molar refractivity (Wildman–Crippen MR) is 34.6 cm³/mol. The Balaban J connectivity index is 3.62. The van der Waals surface area contributed by atoms with Gasteiger partial charge in [-0.15, -0.1) is 0 Å². The number of nitrogens with two attached hydrogens (primary N) is 1. The van der Waals surface area contributed by atoms with Crippen LogP contribution in [0.1, 0.15) is 27.2 Å². The summed E-state index contributed by atoms with van der Waals surface area (Å²) in [5, 5.41) is 9.16. The van der Waals surface area contributed by atoms with E-state index >= 15 is 0 Å². The van der Waals surface area contributed by atoms with E-state index < -0.39 is 5.60 Å². The van der Waals surface area contributed by atoms with Gasteiger partial charge in [-0.3, -0.25) is 0 Å². The molecule has 0 aliphatic carbocycles. The highest BCUT2D eigenvalue weighted by Crippen LogP contribution is 2.07. The van der Waals surface area contributed by atoms with Crippen molar-refractivity contribution in [3.05, 3.63) is 0 Å². The van der Waals surface area contributed by atoms with E-state index in [9.17, 15) is 0 Å². The minimum absolute atomic E-state index is 0.0949. The summed E-state index contributed by atoms with van der Waals surface area (Å²) in [6, 6.07) is -0.0949. The molecule has 0 aromatic carbocycles. The van der Waals surface area contributed by atoms with E-state index in [-0.39, 0.29) is 6.04 Å². The first-order valence-electron chi connectivity index (χ1n) is 2.96. The molecular formula is C6H15NO. The first-order valence-corrected chi connectivity index (χ1v) is 2.96. The van der Waals surface area contributed by atoms with Crippen LogP contribution in [0.25, 0.3) is 0 Å². The van der Waals surface area contributed by atoms with Crippen LogP contribution < -0.4 is 5.73 Å². The number of aliphatic hydroxyl groups is 1. The number of hydrogen-bond acceptors (Lipinski definition) is 2. The quantitative estimate of drug-likeness (QED) is 0.553. The molecule has 0 aromatic heterocycles. The molecule has 0 saturated carbocycles. The van der Waals surface area contributed by atoms with Crippen molar-refractivity contribution in [1.29, 1.82) is 0 Å². The second-order valence-electron chi connectivity index (χ2n) is 2.67. The van der Waals surface area contributed by atoms with E-state index in [4.69, 9.17) is 10.8 Å². The minimum atomic E-state index is -0.714. The van der Waals surface area contributed by atoms with Crippen molar-refractivity contribution in [2.24, 2.45) is 5.73 Å². The molecule has 0 heterocycles. The third kappa shape index (κ3) is 2.28. The summed E-state index contributed by atoms with van der Waals surface area (Å²) in [6.45, 7) is 5.41. The van der Waals surface area contributed by atoms with Gasteiger partial charge in [-0.05, 0) is 20.3 Å². The van der Waals surface area contributed by atoms with Crippen molar-refractivity contribution in [2.45, 2.75) is 38.8 Å². The Morgan fingerprint density at radius 2 is 2.00 bits per heavy atom. The summed E-state index contributed by atoms with van der Waals surface area (Å²) in [6.07, 6.45) is 0.823. The zero-order chi connectivity index (χ0) is 6.78. The van der Waals surface area contributed by atoms with E-state index in [1.165, 1.54) is 0 Å². The summed E-state index contributed by atoms with van der Waals surface area (Å²) in [5.41, 5.74) is 4.79. The van der Waals surface area contributed by atoms with Crippen molar-refractivity contribution in [2.75, 3.05) is 0 Å². The maximum absolute atomic E-state index is 9.16. The Morgan fingerprint density at radius 1 is 1.62 bits per heavy atom. The number of rotatable bonds is 2. The highest BCUT2D eigenvalue weighted by atomic mass is 16.3. The van der Waals surface area contributed by atoms with Crippen LogP contribution in [0, 0.1) is 0 Å². The van der Waals surface area contributed by atoms with Gasteiger partial charge in [0.05, 0.1) is 5.60 Å². The molecule has 0 aromatic rings. The second kappa shape index (κ2) is 2.46. The fraction of sp³-hybridized carbons (Fsp3) is 1.00. The molecule has 2 nitrogen and oxygen atoms in total. The van der Waals surface area contributed by atoms with Crippen LogP contribution in [0.2, 0.25) is 0 Å². The summed E-state index contributed by atoms with van der Waals surface area (Å²) < 4.78 is 0. The standard InChI is InChI=1S/C6H15NO/c1-4-5(7)6(2,3)8/h5,8H,4,7H2,1-3H3/t5-/m1/s1. The SMILES string of the molecule is CC[C@@H](N)C(C)(C)O. The van der Waals surface area contributed by atoms with Crippen molar-refractivity contribution < 1.29 is 5.11 Å². The molecule has 8 heavy (non-hydrogen) atoms. The Hall–Kier alpha value is -0.0800. The predicted octanol–water partition coefficient (Wildman–Crippen LogP) is 0.495. The monoisotopic (exact) mass is 117 g/mol. The molecule has 3 N–H and O–H groups in total. The molecule has 0 fully saturated rings. The van der Waals surface area contributed by atoms with Gasteiger partial charge in [0.25, 0.3) is 0 Å². The summed E-state index contributed by atoms with van der Waals surface area (Å²) in [5.74, 6) is 0. The molecule has 0 aliphatic rings. The number of hydrogen-bond donors (Lipinski definition) is 2. The third-order valence-corrected chi connectivity index (χ3v) is 1.35. The summed E-state index contributed by atoms with van der Waals surface area (Å²) >= 11 is 0. The highest BCUT2D eigenvalue weighted by molar-refractivity contribution is 4.78. The molecule has 2 heteroatoms. The third-order valence-electron chi connectivity index (χ3n) is 1.35. The van der Waals surface area contributed by atoms with E-state index in [2.05, 4.69) is 0 Å². The molecule has 1 atom stereocenters. The lowest BCUT2D eigenvalue weighted by Gasteiger charge is -2.23. The van der Waals surface area contributed by atoms with Crippen LogP contribution in [0.5, 0.6) is 0 Å². The van der Waals surface area contributed by atoms with Crippen LogP contribution in [-0.2, 0) is 0 Å². The van der Waals surface area contributed by atoms with Gasteiger partial charge in [-0.25, -0.2) is 0 Å². The van der Waals surface area contributed by atoms with Crippen LogP contribution in [0.3, 0.4) is 0 Å². The van der Waals surface area contributed by atoms with Crippen molar-refractivity contribution >= 4 is 0 Å². The first kappa shape index (κ1) is 7.92. The van der Waals surface area contributed by atoms with Gasteiger partial charge in [-0.2, -0.15) is 0 Å². The summed E-state index contributed by atoms with van der Waals surface area (Å²) in [7, 11) is 0. The van der Waals surface area contributed by atoms with Gasteiger partial charge in [0.15, 0.2) is 0 Å². The average Bonchev–Trinajstić information content (AvgIpc) is 1.62. The van der Waals surface area contributed by atoms with Crippen LogP contribution >= 0.6 is 0 Å². The van der Waals surface area contributed by atoms with Crippen molar-refractivity contribution in [3.8, 4) is 0 Å². The molecule has 0 spiro atoms. The zero-order valence-corrected chi connectivity index (χ0v) is 5.81. The fourth-order valence-electron chi connectivity index (χ4n) is 0.500. The lowest BCUT2D eigenvalue weighted by Crippen LogP contribution is -2.42. The molecule has 0 radical (unpaired) electrons. The van der Waals surface area contributed by atoms with Gasteiger partial charge in [-0.1, -0.05) is 6.92 Å². The van der Waals surface area contributed by atoms with E-state index in [0.29, 0.717) is 0 Å². The van der Waals surface area contributed by atoms with Crippen molar-refractivity contribution in [3.63, 3.8) is 0 Å². The van der Waals surface area contributed by atoms with Gasteiger partial charge in [0.2, 0.25) is 0 Å². The van der Waals surface area contributed by atoms with Gasteiger partial charge in [0.1, 0.15) is 0 Å². The first-order chi connectivity index (χ1) is 3.48. The van der Waals surface area contributed by atoms with Crippen LogP contribution in [0.4, 0.5) is 0 Å². The maximum atomic E-state index is 9.16. The molecule has 50 valence electrons. The van der Waals surface area contributed by atoms with Crippen LogP contribution in [-0.4, -0.2) is 16.7 Å². The topological polar surface area (TPSA) is 46.2 Å². The van der Waals surface area contributed by atoms with Crippen LogP contribution in [0.15, 0.2) is 0 Å². The lowest BCUT2D eigenvalue weighted by molar-refractivity contribution is 0.0508. The average molecular weight is 117 g/mol. The highest BCUT2D eigenvalue weighted by Gasteiger charge is 2.19. The smallest absolute Gasteiger partial charge is 0.0741 e. The Morgan fingerprint density at radius 3 is 2.00 bits per heavy atom. The molecule has 0 saturated heterocycles. The molecule has 0 bridgehead atoms. The Kier molecular flexibility index (Phi) is 2.44. The fourth-order valence-corrected chi connectivity index (χ4v) is 0.500. The van der Waals surface area contributed by atoms with Crippen molar-refractivity contribution in [1.82, 2.24) is 0 Å². The normalized spacial score (nSPS) is 16.1. The van der Waals surface area contributed by atoms with E-state index in [1.807, 2.05) is 6.92 Å². The minimum Gasteiger partial charge on any atom is -0.389 e. The van der Waals surface area contributed by atoms with Gasteiger partial charge >= 0.3 is 0 Å². The molecule has 0 aliphatic heterocycles. The molecular weight excluding hydrogens is 102 g/mol. The van der Waals surface area contributed by atoms with E-state index in [1.54, 1.807) is 13.8 Å². The summed E-state index contributed by atoms with van der Waals surface area (Å²) in [4.78, 5) is 0. The zero-order valence-electron chi connectivity index (χ0n) is 5.81. The maximum Gasteiger partial charge on any atom is 0.0741 e.